The monoisotopic (exact) mass is 522 g/mol. The molecule has 1 heterocycles. The van der Waals surface area contributed by atoms with Crippen molar-refractivity contribution < 1.29 is 9.47 Å². The summed E-state index contributed by atoms with van der Waals surface area (Å²) in [7, 11) is 1.65. The van der Waals surface area contributed by atoms with Crippen LogP contribution in [-0.2, 0) is 19.7 Å². The van der Waals surface area contributed by atoms with Crippen LogP contribution in [0, 0.1) is 0 Å². The molecule has 1 aliphatic heterocycles. The third-order valence-corrected chi connectivity index (χ3v) is 6.23. The fourth-order valence-corrected chi connectivity index (χ4v) is 4.43. The molecule has 4 nitrogen and oxygen atoms in total. The maximum absolute atomic E-state index is 6.56. The van der Waals surface area contributed by atoms with Crippen LogP contribution in [0.15, 0.2) is 72.8 Å². The Hall–Kier alpha value is -1.95. The Balaban J connectivity index is 0.00000204. The van der Waals surface area contributed by atoms with E-state index in [0.717, 1.165) is 50.1 Å². The highest BCUT2D eigenvalue weighted by molar-refractivity contribution is 6.32. The molecule has 184 valence electrons. The summed E-state index contributed by atoms with van der Waals surface area (Å²) in [4.78, 5) is 2.53. The van der Waals surface area contributed by atoms with Crippen molar-refractivity contribution >= 4 is 36.4 Å². The van der Waals surface area contributed by atoms with E-state index in [4.69, 9.17) is 21.1 Å². The zero-order valence-electron chi connectivity index (χ0n) is 19.4. The van der Waals surface area contributed by atoms with Gasteiger partial charge in [0.1, 0.15) is 6.61 Å². The summed E-state index contributed by atoms with van der Waals surface area (Å²) in [5.41, 5.74) is 3.58. The molecule has 3 aromatic rings. The number of methoxy groups -OCH3 is 1. The van der Waals surface area contributed by atoms with Crippen molar-refractivity contribution in [2.75, 3.05) is 20.2 Å². The average Bonchev–Trinajstić information content (AvgIpc) is 2.84. The van der Waals surface area contributed by atoms with Crippen LogP contribution in [0.2, 0.25) is 5.02 Å². The van der Waals surface area contributed by atoms with Gasteiger partial charge in [-0.05, 0) is 54.8 Å². The molecule has 0 atom stereocenters. The van der Waals surface area contributed by atoms with Gasteiger partial charge in [0.25, 0.3) is 0 Å². The minimum Gasteiger partial charge on any atom is -0.493 e. The summed E-state index contributed by atoms with van der Waals surface area (Å²) in [5, 5.41) is 4.27. The lowest BCUT2D eigenvalue weighted by atomic mass is 10.0. The molecule has 1 saturated heterocycles. The first-order chi connectivity index (χ1) is 15.7. The first-order valence-corrected chi connectivity index (χ1v) is 11.6. The van der Waals surface area contributed by atoms with Crippen LogP contribution in [0.4, 0.5) is 0 Å². The zero-order valence-corrected chi connectivity index (χ0v) is 21.8. The summed E-state index contributed by atoms with van der Waals surface area (Å²) in [6, 6.07) is 25.3. The van der Waals surface area contributed by atoms with Gasteiger partial charge >= 0.3 is 0 Å². The molecule has 0 amide bonds. The molecule has 1 aliphatic rings. The molecule has 3 aromatic carbocycles. The molecular formula is C27H33Cl3N2O2. The molecule has 0 aliphatic carbocycles. The van der Waals surface area contributed by atoms with Gasteiger partial charge in [0.05, 0.1) is 12.1 Å². The summed E-state index contributed by atoms with van der Waals surface area (Å²) in [5.74, 6) is 1.26. The van der Waals surface area contributed by atoms with Crippen LogP contribution >= 0.6 is 36.4 Å². The maximum atomic E-state index is 6.56. The number of piperidine rings is 1. The lowest BCUT2D eigenvalue weighted by Gasteiger charge is -2.32. The van der Waals surface area contributed by atoms with Gasteiger partial charge in [-0.1, -0.05) is 72.3 Å². The quantitative estimate of drug-likeness (QED) is 0.346. The molecule has 0 aromatic heterocycles. The van der Waals surface area contributed by atoms with E-state index in [1.807, 2.05) is 42.5 Å². The Morgan fingerprint density at radius 2 is 1.50 bits per heavy atom. The number of hydrogen-bond donors (Lipinski definition) is 1. The molecule has 0 radical (unpaired) electrons. The van der Waals surface area contributed by atoms with Gasteiger partial charge in [0, 0.05) is 19.1 Å². The summed E-state index contributed by atoms with van der Waals surface area (Å²) in [6.07, 6.45) is 2.30. The lowest BCUT2D eigenvalue weighted by Crippen LogP contribution is -2.41. The normalized spacial score (nSPS) is 14.1. The van der Waals surface area contributed by atoms with E-state index in [-0.39, 0.29) is 24.8 Å². The summed E-state index contributed by atoms with van der Waals surface area (Å²) < 4.78 is 11.5. The van der Waals surface area contributed by atoms with Crippen LogP contribution in [0.3, 0.4) is 0 Å². The summed E-state index contributed by atoms with van der Waals surface area (Å²) in [6.45, 7) is 4.48. The van der Waals surface area contributed by atoms with Crippen LogP contribution < -0.4 is 14.8 Å². The Morgan fingerprint density at radius 3 is 2.12 bits per heavy atom. The number of hydrogen-bond acceptors (Lipinski definition) is 4. The van der Waals surface area contributed by atoms with Crippen molar-refractivity contribution in [1.82, 2.24) is 10.2 Å². The van der Waals surface area contributed by atoms with Crippen molar-refractivity contribution in [3.63, 3.8) is 0 Å². The second kappa shape index (κ2) is 14.4. The van der Waals surface area contributed by atoms with Crippen molar-refractivity contribution in [3.05, 3.63) is 94.5 Å². The molecule has 34 heavy (non-hydrogen) atoms. The number of nitrogens with one attached hydrogen (secondary N) is 1. The number of rotatable bonds is 9. The molecule has 7 heteroatoms. The molecule has 0 saturated carbocycles. The van der Waals surface area contributed by atoms with E-state index < -0.39 is 0 Å². The second-order valence-corrected chi connectivity index (χ2v) is 8.71. The van der Waals surface area contributed by atoms with Gasteiger partial charge in [-0.3, -0.25) is 4.90 Å². The number of nitrogens with zero attached hydrogens (tertiary/aromatic N) is 1. The van der Waals surface area contributed by atoms with E-state index in [0.29, 0.717) is 29.2 Å². The SMILES string of the molecule is COc1cc(CNC2CCN(Cc3ccccc3)CC2)cc(Cl)c1OCc1ccccc1.Cl.Cl. The zero-order chi connectivity index (χ0) is 22.2. The molecule has 1 N–H and O–H groups in total. The predicted molar refractivity (Wildman–Crippen MR) is 145 cm³/mol. The van der Waals surface area contributed by atoms with E-state index in [1.165, 1.54) is 5.56 Å². The second-order valence-electron chi connectivity index (χ2n) is 8.30. The average molecular weight is 524 g/mol. The highest BCUT2D eigenvalue weighted by Gasteiger charge is 2.19. The van der Waals surface area contributed by atoms with Crippen molar-refractivity contribution in [3.8, 4) is 11.5 Å². The Kier molecular flexibility index (Phi) is 12.0. The summed E-state index contributed by atoms with van der Waals surface area (Å²) >= 11 is 6.56. The van der Waals surface area contributed by atoms with Gasteiger partial charge in [0.15, 0.2) is 11.5 Å². The largest absolute Gasteiger partial charge is 0.493 e. The van der Waals surface area contributed by atoms with Crippen LogP contribution in [0.1, 0.15) is 29.5 Å². The van der Waals surface area contributed by atoms with Crippen LogP contribution in [-0.4, -0.2) is 31.1 Å². The van der Waals surface area contributed by atoms with E-state index in [2.05, 4.69) is 40.5 Å². The highest BCUT2D eigenvalue weighted by atomic mass is 35.5. The maximum Gasteiger partial charge on any atom is 0.180 e. The van der Waals surface area contributed by atoms with Gasteiger partial charge < -0.3 is 14.8 Å². The van der Waals surface area contributed by atoms with Crippen molar-refractivity contribution in [2.45, 2.75) is 38.6 Å². The highest BCUT2D eigenvalue weighted by Crippen LogP contribution is 2.37. The Labute approximate surface area is 220 Å². The lowest BCUT2D eigenvalue weighted by molar-refractivity contribution is 0.190. The topological polar surface area (TPSA) is 33.7 Å². The van der Waals surface area contributed by atoms with Gasteiger partial charge in [0.2, 0.25) is 0 Å². The van der Waals surface area contributed by atoms with Gasteiger partial charge in [-0.25, -0.2) is 0 Å². The van der Waals surface area contributed by atoms with E-state index >= 15 is 0 Å². The molecule has 0 spiro atoms. The molecule has 0 unspecified atom stereocenters. The van der Waals surface area contributed by atoms with Gasteiger partial charge in [-0.2, -0.15) is 0 Å². The minimum absolute atomic E-state index is 0. The third-order valence-electron chi connectivity index (χ3n) is 5.95. The Morgan fingerprint density at radius 1 is 0.882 bits per heavy atom. The van der Waals surface area contributed by atoms with Crippen molar-refractivity contribution in [1.29, 1.82) is 0 Å². The molecule has 4 rings (SSSR count). The first-order valence-electron chi connectivity index (χ1n) is 11.2. The molecule has 1 fully saturated rings. The fraction of sp³-hybridized carbons (Fsp3) is 0.333. The fourth-order valence-electron chi connectivity index (χ4n) is 4.14. The van der Waals surface area contributed by atoms with Crippen LogP contribution in [0.5, 0.6) is 11.5 Å². The van der Waals surface area contributed by atoms with Crippen molar-refractivity contribution in [2.24, 2.45) is 0 Å². The number of ether oxygens (including phenoxy) is 2. The third kappa shape index (κ3) is 8.07. The number of likely N-dealkylation sites (tertiary alicyclic amines) is 1. The van der Waals surface area contributed by atoms with Gasteiger partial charge in [-0.15, -0.1) is 24.8 Å². The van der Waals surface area contributed by atoms with E-state index in [1.54, 1.807) is 7.11 Å². The standard InChI is InChI=1S/C27H31ClN2O2.2ClH/c1-31-26-17-23(16-25(28)27(26)32-20-22-10-6-3-7-11-22)18-29-24-12-14-30(15-13-24)19-21-8-4-2-5-9-21;;/h2-11,16-17,24,29H,12-15,18-20H2,1H3;2*1H. The first kappa shape index (κ1) is 28.3. The minimum atomic E-state index is 0. The smallest absolute Gasteiger partial charge is 0.180 e. The predicted octanol–water partition coefficient (Wildman–Crippen LogP) is 6.53. The van der Waals surface area contributed by atoms with E-state index in [9.17, 15) is 0 Å². The Bertz CT molecular complexity index is 982. The number of halogens is 3. The van der Waals surface area contributed by atoms with Crippen LogP contribution in [0.25, 0.3) is 0 Å². The molecular weight excluding hydrogens is 491 g/mol. The number of benzene rings is 3. The molecule has 0 bridgehead atoms.